The van der Waals surface area contributed by atoms with E-state index in [1.54, 1.807) is 39.5 Å². The van der Waals surface area contributed by atoms with Gasteiger partial charge in [0.2, 0.25) is 16.3 Å². The first-order chi connectivity index (χ1) is 23.1. The van der Waals surface area contributed by atoms with Crippen molar-refractivity contribution < 1.29 is 32.5 Å². The summed E-state index contributed by atoms with van der Waals surface area (Å²) < 4.78 is 48.8. The third-order valence-electron chi connectivity index (χ3n) is 9.37. The lowest BCUT2D eigenvalue weighted by Gasteiger charge is -2.34. The normalized spacial score (nSPS) is 18.8. The molecule has 0 spiro atoms. The van der Waals surface area contributed by atoms with Crippen molar-refractivity contribution >= 4 is 15.9 Å². The van der Waals surface area contributed by atoms with Crippen LogP contribution >= 0.6 is 0 Å². The molecular weight excluding hydrogens is 636 g/mol. The van der Waals surface area contributed by atoms with Crippen LogP contribution in [0.2, 0.25) is 0 Å². The quantitative estimate of drug-likeness (QED) is 0.289. The van der Waals surface area contributed by atoms with E-state index < -0.39 is 22.2 Å². The Kier molecular flexibility index (Phi) is 11.5. The Hall–Kier alpha value is -3.91. The average Bonchev–Trinajstić information content (AvgIpc) is 3.34. The lowest BCUT2D eigenvalue weighted by atomic mass is 9.92. The number of aliphatic hydroxyl groups is 1. The zero-order valence-corrected chi connectivity index (χ0v) is 28.9. The molecule has 2 aliphatic rings. The molecule has 1 amide bonds. The lowest BCUT2D eigenvalue weighted by molar-refractivity contribution is -0.153. The number of amides is 1. The molecular formula is C35H46N4O8S. The molecule has 2 unspecified atom stereocenters. The van der Waals surface area contributed by atoms with Crippen LogP contribution in [0, 0.1) is 6.92 Å². The highest BCUT2D eigenvalue weighted by Gasteiger charge is 2.35. The largest absolute Gasteiger partial charge is 0.497 e. The maximum atomic E-state index is 14.0. The second-order valence-electron chi connectivity index (χ2n) is 12.3. The molecule has 0 bridgehead atoms. The van der Waals surface area contributed by atoms with Crippen LogP contribution < -0.4 is 10.3 Å². The van der Waals surface area contributed by atoms with Gasteiger partial charge in [0.25, 0.3) is 11.5 Å². The molecule has 2 heterocycles. The number of nitrogens with zero attached hydrogens (tertiary/aromatic N) is 4. The third kappa shape index (κ3) is 7.54. The highest BCUT2D eigenvalue weighted by Crippen LogP contribution is 2.34. The van der Waals surface area contributed by atoms with Gasteiger partial charge in [0.15, 0.2) is 5.76 Å². The van der Waals surface area contributed by atoms with E-state index in [0.717, 1.165) is 47.8 Å². The predicted molar refractivity (Wildman–Crippen MR) is 180 cm³/mol. The molecule has 0 radical (unpaired) electrons. The molecule has 1 aliphatic heterocycles. The summed E-state index contributed by atoms with van der Waals surface area (Å²) >= 11 is 0. The van der Waals surface area contributed by atoms with E-state index in [4.69, 9.17) is 14.2 Å². The number of ether oxygens (including phenoxy) is 3. The summed E-state index contributed by atoms with van der Waals surface area (Å²) in [6, 6.07) is 15.5. The number of sulfonamides is 1. The summed E-state index contributed by atoms with van der Waals surface area (Å²) in [6.07, 6.45) is 6.14. The predicted octanol–water partition coefficient (Wildman–Crippen LogP) is 3.70. The van der Waals surface area contributed by atoms with Crippen molar-refractivity contribution in [3.8, 4) is 11.4 Å². The molecule has 1 fully saturated rings. The number of aromatic nitrogens is 2. The van der Waals surface area contributed by atoms with Gasteiger partial charge in [0.05, 0.1) is 30.9 Å². The summed E-state index contributed by atoms with van der Waals surface area (Å²) in [6.45, 7) is 1.22. The summed E-state index contributed by atoms with van der Waals surface area (Å²) in [5.41, 5.74) is 1.81. The van der Waals surface area contributed by atoms with Crippen LogP contribution in [0.4, 0.5) is 0 Å². The first kappa shape index (κ1) is 35.4. The van der Waals surface area contributed by atoms with Gasteiger partial charge in [-0.2, -0.15) is 4.31 Å². The lowest BCUT2D eigenvalue weighted by Crippen LogP contribution is -2.42. The maximum Gasteiger partial charge on any atom is 0.288 e. The number of benzene rings is 2. The molecule has 2 aromatic carbocycles. The molecule has 13 heteroatoms. The molecule has 2 atom stereocenters. The Morgan fingerprint density at radius 1 is 1.04 bits per heavy atom. The second-order valence-corrected chi connectivity index (χ2v) is 14.2. The van der Waals surface area contributed by atoms with Crippen molar-refractivity contribution in [2.45, 2.75) is 68.6 Å². The van der Waals surface area contributed by atoms with Crippen LogP contribution in [-0.2, 0) is 31.3 Å². The summed E-state index contributed by atoms with van der Waals surface area (Å²) in [7, 11) is 1.15. The molecule has 12 nitrogen and oxygen atoms in total. The van der Waals surface area contributed by atoms with Crippen LogP contribution in [0.25, 0.3) is 5.69 Å². The Balaban J connectivity index is 1.40. The van der Waals surface area contributed by atoms with E-state index >= 15 is 0 Å². The van der Waals surface area contributed by atoms with Gasteiger partial charge in [-0.1, -0.05) is 37.5 Å². The fourth-order valence-corrected chi connectivity index (χ4v) is 8.00. The zero-order chi connectivity index (χ0) is 34.4. The molecule has 1 saturated carbocycles. The molecule has 1 aliphatic carbocycles. The minimum absolute atomic E-state index is 0.0570. The smallest absolute Gasteiger partial charge is 0.288 e. The SMILES string of the molecule is COc1ccc(S(=O)(=O)N(CCO)CCOC2CC(c3c(C)n(C)n(-c4ccccc4)c3=O)C=C(C(=O)N(C)C3CCCCC3)O2)cc1. The van der Waals surface area contributed by atoms with Gasteiger partial charge in [-0.3, -0.25) is 14.3 Å². The third-order valence-corrected chi connectivity index (χ3v) is 11.3. The monoisotopic (exact) mass is 682 g/mol. The molecule has 0 saturated heterocycles. The number of hydrogen-bond donors (Lipinski definition) is 1. The van der Waals surface area contributed by atoms with Gasteiger partial charge in [0, 0.05) is 56.8 Å². The van der Waals surface area contributed by atoms with Crippen molar-refractivity contribution in [2.24, 2.45) is 7.05 Å². The van der Waals surface area contributed by atoms with Crippen molar-refractivity contribution in [3.05, 3.63) is 88.0 Å². The molecule has 260 valence electrons. The molecule has 1 N–H and O–H groups in total. The molecule has 1 aromatic heterocycles. The Morgan fingerprint density at radius 2 is 1.73 bits per heavy atom. The minimum atomic E-state index is -3.95. The number of allylic oxidation sites excluding steroid dienone is 1. The van der Waals surface area contributed by atoms with Crippen LogP contribution in [0.15, 0.2) is 76.1 Å². The van der Waals surface area contributed by atoms with Gasteiger partial charge in [-0.15, -0.1) is 0 Å². The average molecular weight is 683 g/mol. The van der Waals surface area contributed by atoms with Gasteiger partial charge in [-0.05, 0) is 62.2 Å². The van der Waals surface area contributed by atoms with Crippen LogP contribution in [0.1, 0.15) is 55.7 Å². The van der Waals surface area contributed by atoms with Gasteiger partial charge in [-0.25, -0.2) is 13.1 Å². The van der Waals surface area contributed by atoms with Crippen LogP contribution in [0.5, 0.6) is 5.75 Å². The summed E-state index contributed by atoms with van der Waals surface area (Å²) in [4.78, 5) is 29.6. The van der Waals surface area contributed by atoms with E-state index in [-0.39, 0.29) is 60.9 Å². The number of carbonyl (C=O) groups excluding carboxylic acids is 1. The van der Waals surface area contributed by atoms with Crippen LogP contribution in [0.3, 0.4) is 0 Å². The van der Waals surface area contributed by atoms with Crippen molar-refractivity contribution in [1.82, 2.24) is 18.6 Å². The number of methoxy groups -OCH3 is 1. The number of para-hydroxylation sites is 1. The Bertz CT molecular complexity index is 1740. The molecule has 3 aromatic rings. The second kappa shape index (κ2) is 15.5. The molecule has 48 heavy (non-hydrogen) atoms. The topological polar surface area (TPSA) is 133 Å². The fraction of sp³-hybridized carbons (Fsp3) is 0.486. The zero-order valence-electron chi connectivity index (χ0n) is 28.1. The molecule has 5 rings (SSSR count). The van der Waals surface area contributed by atoms with Crippen molar-refractivity contribution in [1.29, 1.82) is 0 Å². The van der Waals surface area contributed by atoms with Gasteiger partial charge >= 0.3 is 0 Å². The Morgan fingerprint density at radius 3 is 2.38 bits per heavy atom. The van der Waals surface area contributed by atoms with Crippen LogP contribution in [-0.4, -0.2) is 90.8 Å². The highest BCUT2D eigenvalue weighted by atomic mass is 32.2. The highest BCUT2D eigenvalue weighted by molar-refractivity contribution is 7.89. The standard InChI is InChI=1S/C35H46N4O8S/c1-25-33(35(42)39(37(25)3)28-13-9-6-10-14-28)26-23-31(34(41)36(2)27-11-7-5-8-12-27)47-32(24-26)46-22-20-38(19-21-40)48(43,44)30-17-15-29(45-4)16-18-30/h6,9-10,13-18,23,26-27,32,40H,5,7-8,11-12,19-22,24H2,1-4H3. The van der Waals surface area contributed by atoms with E-state index in [2.05, 4.69) is 0 Å². The van der Waals surface area contributed by atoms with Crippen molar-refractivity contribution in [2.75, 3.05) is 40.5 Å². The summed E-state index contributed by atoms with van der Waals surface area (Å²) in [5.74, 6) is -0.146. The first-order valence-electron chi connectivity index (χ1n) is 16.4. The summed E-state index contributed by atoms with van der Waals surface area (Å²) in [5, 5.41) is 9.68. The van der Waals surface area contributed by atoms with Gasteiger partial charge < -0.3 is 24.2 Å². The fourth-order valence-electron chi connectivity index (χ4n) is 6.58. The minimum Gasteiger partial charge on any atom is -0.497 e. The van der Waals surface area contributed by atoms with Crippen molar-refractivity contribution in [3.63, 3.8) is 0 Å². The number of hydrogen-bond acceptors (Lipinski definition) is 8. The number of aliphatic hydroxyl groups excluding tert-OH is 1. The number of likely N-dealkylation sites (N-methyl/N-ethyl adjacent to an activating group) is 1. The maximum absolute atomic E-state index is 14.0. The first-order valence-corrected chi connectivity index (χ1v) is 17.9. The Labute approximate surface area is 282 Å². The van der Waals surface area contributed by atoms with Gasteiger partial charge in [0.1, 0.15) is 5.75 Å². The number of rotatable bonds is 13. The number of carbonyl (C=O) groups is 1. The van der Waals surface area contributed by atoms with E-state index in [1.165, 1.54) is 19.2 Å². The van der Waals surface area contributed by atoms with E-state index in [1.807, 2.05) is 44.3 Å². The van der Waals surface area contributed by atoms with E-state index in [0.29, 0.717) is 11.3 Å². The van der Waals surface area contributed by atoms with E-state index in [9.17, 15) is 23.1 Å².